The monoisotopic (exact) mass is 285 g/mol. The molecule has 0 N–H and O–H groups in total. The average molecular weight is 285 g/mol. The van der Waals surface area contributed by atoms with E-state index in [-0.39, 0.29) is 0 Å². The molecule has 0 unspecified atom stereocenters. The first-order valence-corrected chi connectivity index (χ1v) is 7.47. The van der Waals surface area contributed by atoms with Crippen LogP contribution >= 0.6 is 0 Å². The summed E-state index contributed by atoms with van der Waals surface area (Å²) in [6.07, 6.45) is 6.47. The van der Waals surface area contributed by atoms with Gasteiger partial charge in [-0.15, -0.1) is 6.58 Å². The molecule has 1 aromatic heterocycles. The van der Waals surface area contributed by atoms with Crippen molar-refractivity contribution in [2.75, 3.05) is 0 Å². The van der Waals surface area contributed by atoms with Crippen LogP contribution in [0.2, 0.25) is 6.32 Å². The zero-order valence-corrected chi connectivity index (χ0v) is 12.7. The highest BCUT2D eigenvalue weighted by Crippen LogP contribution is 1.98. The molecule has 2 heteroatoms. The lowest BCUT2D eigenvalue weighted by Crippen LogP contribution is -2.41. The van der Waals surface area contributed by atoms with E-state index in [1.807, 2.05) is 24.3 Å². The van der Waals surface area contributed by atoms with Crippen LogP contribution in [0.5, 0.6) is 0 Å². The van der Waals surface area contributed by atoms with Crippen molar-refractivity contribution in [3.05, 3.63) is 104 Å². The first-order chi connectivity index (χ1) is 10.9. The smallest absolute Gasteiger partial charge is 0.213 e. The molecule has 3 rings (SSSR count). The fraction of sp³-hybridized carbons (Fsp3) is 0.0500. The van der Waals surface area contributed by atoms with E-state index in [0.717, 1.165) is 6.32 Å². The summed E-state index contributed by atoms with van der Waals surface area (Å²) in [4.78, 5) is 3.78. The Morgan fingerprint density at radius 2 is 1.18 bits per heavy atom. The second-order valence-electron chi connectivity index (χ2n) is 4.92. The minimum Gasteiger partial charge on any atom is -0.265 e. The summed E-state index contributed by atoms with van der Waals surface area (Å²) < 4.78 is 0. The molecule has 0 bridgehead atoms. The highest BCUT2D eigenvalue weighted by atomic mass is 14.6. The topological polar surface area (TPSA) is 12.9 Å². The molecule has 0 fully saturated rings. The molecule has 1 heterocycles. The fourth-order valence-electron chi connectivity index (χ4n) is 2.31. The summed E-state index contributed by atoms with van der Waals surface area (Å²) in [6.45, 7) is 4.28. The predicted molar refractivity (Wildman–Crippen MR) is 97.1 cm³/mol. The number of benzene rings is 2. The van der Waals surface area contributed by atoms with Gasteiger partial charge in [0.1, 0.15) is 0 Å². The molecule has 108 valence electrons. The van der Waals surface area contributed by atoms with Crippen LogP contribution in [-0.2, 0) is 0 Å². The van der Waals surface area contributed by atoms with Gasteiger partial charge in [-0.25, -0.2) is 0 Å². The van der Waals surface area contributed by atoms with Gasteiger partial charge >= 0.3 is 0 Å². The van der Waals surface area contributed by atoms with Crippen LogP contribution in [0, 0.1) is 0 Å². The Bertz CT molecular complexity index is 572. The second kappa shape index (κ2) is 9.35. The number of hydrogen-bond acceptors (Lipinski definition) is 1. The first kappa shape index (κ1) is 15.8. The van der Waals surface area contributed by atoms with Crippen LogP contribution in [-0.4, -0.2) is 11.7 Å². The number of aromatic nitrogens is 1. The lowest BCUT2D eigenvalue weighted by Gasteiger charge is -2.12. The maximum atomic E-state index is 3.85. The van der Waals surface area contributed by atoms with Crippen molar-refractivity contribution >= 4 is 17.6 Å². The van der Waals surface area contributed by atoms with Crippen molar-refractivity contribution in [1.29, 1.82) is 0 Å². The van der Waals surface area contributed by atoms with E-state index < -0.39 is 0 Å². The standard InChI is InChI=1S/C15H15B.C5H5N/c1-2-13-16(14-9-5-3-6-10-14)15-11-7-4-8-12-15;1-2-4-6-5-3-1/h2-12H,1,13H2;1-5H. The van der Waals surface area contributed by atoms with E-state index in [9.17, 15) is 0 Å². The zero-order chi connectivity index (χ0) is 15.5. The Morgan fingerprint density at radius 3 is 1.50 bits per heavy atom. The molecule has 0 saturated carbocycles. The predicted octanol–water partition coefficient (Wildman–Crippen LogP) is 3.56. The molecule has 0 spiro atoms. The number of allylic oxidation sites excluding steroid dienone is 1. The van der Waals surface area contributed by atoms with Gasteiger partial charge in [-0.05, 0) is 18.5 Å². The molecule has 0 aliphatic heterocycles. The third-order valence-electron chi connectivity index (χ3n) is 3.37. The second-order valence-corrected chi connectivity index (χ2v) is 4.92. The van der Waals surface area contributed by atoms with Crippen LogP contribution in [0.3, 0.4) is 0 Å². The largest absolute Gasteiger partial charge is 0.265 e. The Kier molecular flexibility index (Phi) is 6.71. The summed E-state index contributed by atoms with van der Waals surface area (Å²) in [5.74, 6) is 0. The summed E-state index contributed by atoms with van der Waals surface area (Å²) in [5.41, 5.74) is 2.71. The Labute approximate surface area is 133 Å². The lowest BCUT2D eigenvalue weighted by atomic mass is 9.39. The first-order valence-electron chi connectivity index (χ1n) is 7.47. The quantitative estimate of drug-likeness (QED) is 0.527. The normalized spacial score (nSPS) is 9.27. The number of hydrogen-bond donors (Lipinski definition) is 0. The van der Waals surface area contributed by atoms with Crippen LogP contribution in [0.15, 0.2) is 104 Å². The Morgan fingerprint density at radius 1 is 0.727 bits per heavy atom. The van der Waals surface area contributed by atoms with E-state index in [2.05, 4.69) is 72.2 Å². The van der Waals surface area contributed by atoms with E-state index in [1.165, 1.54) is 10.9 Å². The Balaban J connectivity index is 0.000000246. The molecule has 0 radical (unpaired) electrons. The molecule has 2 aromatic carbocycles. The molecule has 0 aliphatic rings. The van der Waals surface area contributed by atoms with E-state index in [4.69, 9.17) is 0 Å². The van der Waals surface area contributed by atoms with Crippen molar-refractivity contribution in [3.63, 3.8) is 0 Å². The third kappa shape index (κ3) is 5.06. The zero-order valence-electron chi connectivity index (χ0n) is 12.7. The molecule has 0 amide bonds. The summed E-state index contributed by atoms with van der Waals surface area (Å²) in [6, 6.07) is 26.9. The van der Waals surface area contributed by atoms with Crippen molar-refractivity contribution in [2.24, 2.45) is 0 Å². The SMILES string of the molecule is C=CCB(c1ccccc1)c1ccccc1.c1ccncc1. The summed E-state index contributed by atoms with van der Waals surface area (Å²) >= 11 is 0. The van der Waals surface area contributed by atoms with Crippen molar-refractivity contribution in [1.82, 2.24) is 4.98 Å². The van der Waals surface area contributed by atoms with Gasteiger partial charge in [0.15, 0.2) is 0 Å². The highest BCUT2D eigenvalue weighted by Gasteiger charge is 2.16. The molecule has 0 atom stereocenters. The minimum atomic E-state index is 0.430. The minimum absolute atomic E-state index is 0.430. The van der Waals surface area contributed by atoms with Crippen molar-refractivity contribution in [2.45, 2.75) is 6.32 Å². The van der Waals surface area contributed by atoms with E-state index in [1.54, 1.807) is 12.4 Å². The van der Waals surface area contributed by atoms with Gasteiger partial charge in [-0.2, -0.15) is 0 Å². The van der Waals surface area contributed by atoms with Crippen molar-refractivity contribution in [3.8, 4) is 0 Å². The van der Waals surface area contributed by atoms with Crippen LogP contribution in [0.25, 0.3) is 0 Å². The van der Waals surface area contributed by atoms with Crippen LogP contribution in [0.1, 0.15) is 0 Å². The van der Waals surface area contributed by atoms with Gasteiger partial charge in [0.05, 0.1) is 0 Å². The lowest BCUT2D eigenvalue weighted by molar-refractivity contribution is 1.33. The molecule has 0 aliphatic carbocycles. The van der Waals surface area contributed by atoms with Gasteiger partial charge in [0, 0.05) is 12.4 Å². The molecule has 1 nitrogen and oxygen atoms in total. The maximum Gasteiger partial charge on any atom is 0.213 e. The van der Waals surface area contributed by atoms with Gasteiger partial charge in [-0.3, -0.25) is 4.98 Å². The van der Waals surface area contributed by atoms with Crippen molar-refractivity contribution < 1.29 is 0 Å². The summed E-state index contributed by atoms with van der Waals surface area (Å²) in [5, 5.41) is 0. The molecule has 22 heavy (non-hydrogen) atoms. The third-order valence-corrected chi connectivity index (χ3v) is 3.37. The van der Waals surface area contributed by atoms with Gasteiger partial charge in [-0.1, -0.05) is 83.7 Å². The highest BCUT2D eigenvalue weighted by molar-refractivity contribution is 6.85. The number of pyridine rings is 1. The van der Waals surface area contributed by atoms with E-state index in [0.29, 0.717) is 6.71 Å². The number of nitrogens with zero attached hydrogens (tertiary/aromatic N) is 1. The summed E-state index contributed by atoms with van der Waals surface area (Å²) in [7, 11) is 0. The molecular formula is C20H20BN. The van der Waals surface area contributed by atoms with Crippen LogP contribution in [0.4, 0.5) is 0 Å². The number of rotatable bonds is 4. The van der Waals surface area contributed by atoms with Gasteiger partial charge in [0.25, 0.3) is 0 Å². The Hall–Kier alpha value is -2.61. The fourth-order valence-corrected chi connectivity index (χ4v) is 2.31. The molecule has 3 aromatic rings. The van der Waals surface area contributed by atoms with E-state index >= 15 is 0 Å². The maximum absolute atomic E-state index is 3.85. The molecular weight excluding hydrogens is 265 g/mol. The average Bonchev–Trinajstić information content (AvgIpc) is 2.63. The van der Waals surface area contributed by atoms with Gasteiger partial charge < -0.3 is 0 Å². The molecule has 0 saturated heterocycles. The van der Waals surface area contributed by atoms with Gasteiger partial charge in [0.2, 0.25) is 6.71 Å². The van der Waals surface area contributed by atoms with Crippen LogP contribution < -0.4 is 10.9 Å².